The lowest BCUT2D eigenvalue weighted by atomic mass is 10.00. The molecule has 0 aliphatic carbocycles. The summed E-state index contributed by atoms with van der Waals surface area (Å²) in [4.78, 5) is 15.5. The van der Waals surface area contributed by atoms with Crippen LogP contribution in [0.2, 0.25) is 5.15 Å². The first kappa shape index (κ1) is 16.3. The summed E-state index contributed by atoms with van der Waals surface area (Å²) < 4.78 is 17.9. The molecule has 6 nitrogen and oxygen atoms in total. The molecule has 1 N–H and O–H groups in total. The van der Waals surface area contributed by atoms with Crippen LogP contribution in [0.1, 0.15) is 10.4 Å². The highest BCUT2D eigenvalue weighted by Crippen LogP contribution is 2.37. The van der Waals surface area contributed by atoms with Gasteiger partial charge in [-0.2, -0.15) is 5.10 Å². The predicted molar refractivity (Wildman–Crippen MR) is 94.8 cm³/mol. The molecule has 0 atom stereocenters. The van der Waals surface area contributed by atoms with Crippen LogP contribution in [0.3, 0.4) is 0 Å². The van der Waals surface area contributed by atoms with E-state index in [1.807, 2.05) is 0 Å². The summed E-state index contributed by atoms with van der Waals surface area (Å²) in [7, 11) is 1.77. The van der Waals surface area contributed by atoms with Crippen molar-refractivity contribution in [3.8, 4) is 22.4 Å². The number of hydrogen-bond acceptors (Lipinski definition) is 3. The Morgan fingerprint density at radius 2 is 2.12 bits per heavy atom. The Bertz CT molecular complexity index is 1170. The van der Waals surface area contributed by atoms with Gasteiger partial charge in [0.2, 0.25) is 0 Å². The Labute approximate surface area is 152 Å². The van der Waals surface area contributed by atoms with Crippen molar-refractivity contribution in [2.24, 2.45) is 7.05 Å². The van der Waals surface area contributed by atoms with Crippen molar-refractivity contribution in [1.82, 2.24) is 19.2 Å². The standard InChI is InChI=1S/C18H12ClFN4O2/c1-23-9-11(8-21-23)12-3-2-4-13(20)15(12)16-17(19)24-6-5-10(18(25)26)7-14(24)22-16/h2-9H,1H3,(H,25,26). The van der Waals surface area contributed by atoms with Crippen molar-refractivity contribution in [3.05, 3.63) is 65.5 Å². The molecule has 0 bridgehead atoms. The smallest absolute Gasteiger partial charge is 0.335 e. The minimum atomic E-state index is -1.07. The van der Waals surface area contributed by atoms with Gasteiger partial charge in [0.25, 0.3) is 0 Å². The van der Waals surface area contributed by atoms with Crippen LogP contribution in [0.5, 0.6) is 0 Å². The van der Waals surface area contributed by atoms with Crippen molar-refractivity contribution >= 4 is 23.2 Å². The number of pyridine rings is 1. The maximum Gasteiger partial charge on any atom is 0.335 e. The topological polar surface area (TPSA) is 72.4 Å². The summed E-state index contributed by atoms with van der Waals surface area (Å²) in [6.45, 7) is 0. The van der Waals surface area contributed by atoms with E-state index >= 15 is 0 Å². The zero-order valence-corrected chi connectivity index (χ0v) is 14.3. The first-order valence-corrected chi connectivity index (χ1v) is 8.02. The van der Waals surface area contributed by atoms with E-state index in [9.17, 15) is 9.18 Å². The molecule has 0 saturated carbocycles. The van der Waals surface area contributed by atoms with Gasteiger partial charge in [0.05, 0.1) is 11.8 Å². The van der Waals surface area contributed by atoms with Gasteiger partial charge in [-0.1, -0.05) is 23.7 Å². The molecule has 0 aliphatic heterocycles. The van der Waals surface area contributed by atoms with Crippen molar-refractivity contribution < 1.29 is 14.3 Å². The quantitative estimate of drug-likeness (QED) is 0.593. The van der Waals surface area contributed by atoms with Gasteiger partial charge in [-0.15, -0.1) is 0 Å². The Kier molecular flexibility index (Phi) is 3.73. The van der Waals surface area contributed by atoms with Crippen LogP contribution in [-0.2, 0) is 7.05 Å². The van der Waals surface area contributed by atoms with Crippen molar-refractivity contribution in [1.29, 1.82) is 0 Å². The summed E-state index contributed by atoms with van der Waals surface area (Å²) in [5, 5.41) is 13.5. The SMILES string of the molecule is Cn1cc(-c2cccc(F)c2-c2nc3cc(C(=O)O)ccn3c2Cl)cn1. The average Bonchev–Trinajstić information content (AvgIpc) is 3.18. The van der Waals surface area contributed by atoms with Gasteiger partial charge in [0.15, 0.2) is 0 Å². The van der Waals surface area contributed by atoms with Gasteiger partial charge >= 0.3 is 5.97 Å². The number of halogens is 2. The van der Waals surface area contributed by atoms with E-state index in [4.69, 9.17) is 16.7 Å². The number of hydrogen-bond donors (Lipinski definition) is 1. The highest BCUT2D eigenvalue weighted by Gasteiger charge is 2.21. The normalized spacial score (nSPS) is 11.2. The lowest BCUT2D eigenvalue weighted by molar-refractivity contribution is 0.0697. The van der Waals surface area contributed by atoms with E-state index < -0.39 is 11.8 Å². The van der Waals surface area contributed by atoms with Crippen LogP contribution in [0.15, 0.2) is 48.9 Å². The predicted octanol–water partition coefficient (Wildman–Crippen LogP) is 3.89. The monoisotopic (exact) mass is 370 g/mol. The van der Waals surface area contributed by atoms with E-state index in [1.165, 1.54) is 28.8 Å². The average molecular weight is 371 g/mol. The Balaban J connectivity index is 1.98. The fraction of sp³-hybridized carbons (Fsp3) is 0.0556. The molecule has 0 fully saturated rings. The summed E-state index contributed by atoms with van der Waals surface area (Å²) in [6.07, 6.45) is 4.90. The van der Waals surface area contributed by atoms with Gasteiger partial charge < -0.3 is 5.11 Å². The molecule has 26 heavy (non-hydrogen) atoms. The lowest BCUT2D eigenvalue weighted by Gasteiger charge is -2.07. The molecular formula is C18H12ClFN4O2. The van der Waals surface area contributed by atoms with E-state index in [-0.39, 0.29) is 22.0 Å². The molecular weight excluding hydrogens is 359 g/mol. The molecule has 130 valence electrons. The number of aromatic nitrogens is 4. The molecule has 8 heteroatoms. The van der Waals surface area contributed by atoms with Gasteiger partial charge in [0.1, 0.15) is 22.3 Å². The Hall–Kier alpha value is -3.19. The molecule has 0 spiro atoms. The van der Waals surface area contributed by atoms with Gasteiger partial charge in [0, 0.05) is 30.6 Å². The number of nitrogens with zero attached hydrogens (tertiary/aromatic N) is 4. The number of benzene rings is 1. The number of carboxylic acids is 1. The van der Waals surface area contributed by atoms with Crippen LogP contribution in [-0.4, -0.2) is 30.2 Å². The molecule has 0 amide bonds. The van der Waals surface area contributed by atoms with Crippen LogP contribution in [0.25, 0.3) is 28.0 Å². The lowest BCUT2D eigenvalue weighted by Crippen LogP contribution is -1.97. The molecule has 0 saturated heterocycles. The largest absolute Gasteiger partial charge is 0.478 e. The third kappa shape index (κ3) is 2.53. The second-order valence-corrected chi connectivity index (χ2v) is 6.12. The summed E-state index contributed by atoms with van der Waals surface area (Å²) in [5.74, 6) is -1.55. The summed E-state index contributed by atoms with van der Waals surface area (Å²) >= 11 is 6.43. The minimum absolute atomic E-state index is 0.0757. The highest BCUT2D eigenvalue weighted by atomic mass is 35.5. The number of imidazole rings is 1. The van der Waals surface area contributed by atoms with Crippen LogP contribution in [0.4, 0.5) is 4.39 Å². The van der Waals surface area contributed by atoms with Crippen LogP contribution < -0.4 is 0 Å². The molecule has 0 aliphatic rings. The zero-order chi connectivity index (χ0) is 18.4. The molecule has 1 aromatic carbocycles. The van der Waals surface area contributed by atoms with Crippen molar-refractivity contribution in [3.63, 3.8) is 0 Å². The van der Waals surface area contributed by atoms with Gasteiger partial charge in [-0.05, 0) is 23.8 Å². The van der Waals surface area contributed by atoms with Crippen molar-refractivity contribution in [2.45, 2.75) is 0 Å². The fourth-order valence-corrected chi connectivity index (χ4v) is 3.15. The summed E-state index contributed by atoms with van der Waals surface area (Å²) in [5.41, 5.74) is 2.21. The van der Waals surface area contributed by atoms with E-state index in [0.29, 0.717) is 11.2 Å². The van der Waals surface area contributed by atoms with Crippen LogP contribution in [0, 0.1) is 5.82 Å². The number of aryl methyl sites for hydroxylation is 1. The molecule has 3 aromatic heterocycles. The number of fused-ring (bicyclic) bond motifs is 1. The number of carbonyl (C=O) groups is 1. The second-order valence-electron chi connectivity index (χ2n) is 5.77. The Morgan fingerprint density at radius 3 is 2.81 bits per heavy atom. The number of carboxylic acid groups (broad SMARTS) is 1. The van der Waals surface area contributed by atoms with E-state index in [2.05, 4.69) is 10.1 Å². The third-order valence-electron chi connectivity index (χ3n) is 4.08. The van der Waals surface area contributed by atoms with Crippen LogP contribution >= 0.6 is 11.6 Å². The van der Waals surface area contributed by atoms with Gasteiger partial charge in [-0.25, -0.2) is 14.2 Å². The molecule has 4 rings (SSSR count). The molecule has 3 heterocycles. The number of aromatic carboxylic acids is 1. The van der Waals surface area contributed by atoms with Gasteiger partial charge in [-0.3, -0.25) is 9.08 Å². The first-order valence-electron chi connectivity index (χ1n) is 7.64. The number of rotatable bonds is 3. The fourth-order valence-electron chi connectivity index (χ4n) is 2.87. The molecule has 0 unspecified atom stereocenters. The third-order valence-corrected chi connectivity index (χ3v) is 4.44. The van der Waals surface area contributed by atoms with E-state index in [0.717, 1.165) is 5.56 Å². The zero-order valence-electron chi connectivity index (χ0n) is 13.5. The van der Waals surface area contributed by atoms with E-state index in [1.54, 1.807) is 36.3 Å². The highest BCUT2D eigenvalue weighted by molar-refractivity contribution is 6.32. The van der Waals surface area contributed by atoms with Crippen molar-refractivity contribution in [2.75, 3.05) is 0 Å². The first-order chi connectivity index (χ1) is 12.5. The molecule has 4 aromatic rings. The maximum absolute atomic E-state index is 14.7. The Morgan fingerprint density at radius 1 is 1.31 bits per heavy atom. The maximum atomic E-state index is 14.7. The minimum Gasteiger partial charge on any atom is -0.478 e. The summed E-state index contributed by atoms with van der Waals surface area (Å²) in [6, 6.07) is 7.50. The second kappa shape index (κ2) is 5.96. The molecule has 0 radical (unpaired) electrons.